The van der Waals surface area contributed by atoms with E-state index >= 15 is 0 Å². The van der Waals surface area contributed by atoms with E-state index in [2.05, 4.69) is 21.5 Å². The molecule has 0 spiro atoms. The summed E-state index contributed by atoms with van der Waals surface area (Å²) in [6.45, 7) is 1.96. The molecule has 23 heavy (non-hydrogen) atoms. The number of pyridine rings is 1. The zero-order valence-electron chi connectivity index (χ0n) is 12.7. The van der Waals surface area contributed by atoms with Crippen LogP contribution in [-0.4, -0.2) is 27.9 Å². The molecule has 4 rings (SSSR count). The van der Waals surface area contributed by atoms with Crippen LogP contribution >= 0.6 is 11.6 Å². The van der Waals surface area contributed by atoms with E-state index in [1.807, 2.05) is 41.3 Å². The topological polar surface area (TPSA) is 42.7 Å². The maximum Gasteiger partial charge on any atom is 0.0874 e. The molecule has 0 fully saturated rings. The molecule has 1 aliphatic heterocycles. The van der Waals surface area contributed by atoms with Crippen LogP contribution in [0.5, 0.6) is 0 Å². The molecule has 0 radical (unpaired) electrons. The minimum Gasteiger partial charge on any atom is -0.316 e. The van der Waals surface area contributed by atoms with E-state index in [9.17, 15) is 0 Å². The maximum absolute atomic E-state index is 6.57. The summed E-state index contributed by atoms with van der Waals surface area (Å²) in [5, 5.41) is 8.73. The minimum atomic E-state index is 0.736. The maximum atomic E-state index is 6.57. The minimum absolute atomic E-state index is 0.736. The standard InChI is InChI=1S/C18H17ClN4/c19-16-4-3-13-5-9-20-10-6-15(13)18(16)23-17(7-11-22-23)14-2-1-8-21-12-14/h1-4,7-8,11-12,20H,5-6,9-10H2. The van der Waals surface area contributed by atoms with Gasteiger partial charge in [-0.15, -0.1) is 0 Å². The quantitative estimate of drug-likeness (QED) is 0.786. The lowest BCUT2D eigenvalue weighted by molar-refractivity contribution is 0.709. The Balaban J connectivity index is 1.91. The van der Waals surface area contributed by atoms with Crippen molar-refractivity contribution in [2.45, 2.75) is 12.8 Å². The second-order valence-corrected chi connectivity index (χ2v) is 6.06. The van der Waals surface area contributed by atoms with Gasteiger partial charge in [0.1, 0.15) is 0 Å². The van der Waals surface area contributed by atoms with E-state index in [0.717, 1.165) is 47.9 Å². The molecule has 0 aliphatic carbocycles. The zero-order chi connectivity index (χ0) is 15.6. The van der Waals surface area contributed by atoms with Crippen LogP contribution in [0.2, 0.25) is 5.02 Å². The van der Waals surface area contributed by atoms with E-state index in [4.69, 9.17) is 11.6 Å². The molecule has 1 N–H and O–H groups in total. The van der Waals surface area contributed by atoms with E-state index in [-0.39, 0.29) is 0 Å². The first-order valence-corrected chi connectivity index (χ1v) is 8.18. The highest BCUT2D eigenvalue weighted by Gasteiger charge is 2.19. The Morgan fingerprint density at radius 3 is 2.83 bits per heavy atom. The molecule has 1 aliphatic rings. The Hall–Kier alpha value is -2.17. The predicted octanol–water partition coefficient (Wildman–Crippen LogP) is 3.28. The van der Waals surface area contributed by atoms with E-state index < -0.39 is 0 Å². The van der Waals surface area contributed by atoms with Crippen molar-refractivity contribution >= 4 is 11.6 Å². The Morgan fingerprint density at radius 1 is 1.04 bits per heavy atom. The summed E-state index contributed by atoms with van der Waals surface area (Å²) in [5.41, 5.74) is 5.67. The molecule has 0 atom stereocenters. The van der Waals surface area contributed by atoms with Crippen LogP contribution in [-0.2, 0) is 12.8 Å². The fourth-order valence-electron chi connectivity index (χ4n) is 3.17. The molecule has 5 heteroatoms. The normalized spacial score (nSPS) is 14.3. The summed E-state index contributed by atoms with van der Waals surface area (Å²) in [7, 11) is 0. The van der Waals surface area contributed by atoms with Crippen molar-refractivity contribution in [3.8, 4) is 16.9 Å². The van der Waals surface area contributed by atoms with E-state index in [1.165, 1.54) is 11.1 Å². The van der Waals surface area contributed by atoms with Crippen LogP contribution in [0.15, 0.2) is 48.9 Å². The number of nitrogens with zero attached hydrogens (tertiary/aromatic N) is 3. The van der Waals surface area contributed by atoms with Crippen LogP contribution in [0.1, 0.15) is 11.1 Å². The highest BCUT2D eigenvalue weighted by atomic mass is 35.5. The largest absolute Gasteiger partial charge is 0.316 e. The third-order valence-electron chi connectivity index (χ3n) is 4.27. The molecule has 1 aromatic carbocycles. The molecule has 4 nitrogen and oxygen atoms in total. The van der Waals surface area contributed by atoms with Gasteiger partial charge in [0.25, 0.3) is 0 Å². The molecule has 0 saturated carbocycles. The van der Waals surface area contributed by atoms with Gasteiger partial charge in [-0.25, -0.2) is 4.68 Å². The number of hydrogen-bond acceptors (Lipinski definition) is 3. The van der Waals surface area contributed by atoms with Gasteiger partial charge in [0.2, 0.25) is 0 Å². The molecule has 0 unspecified atom stereocenters. The molecular formula is C18H17ClN4. The molecule has 0 saturated heterocycles. The summed E-state index contributed by atoms with van der Waals surface area (Å²) in [5.74, 6) is 0. The van der Waals surface area contributed by atoms with Gasteiger partial charge in [-0.3, -0.25) is 4.98 Å². The van der Waals surface area contributed by atoms with Gasteiger partial charge in [-0.1, -0.05) is 17.7 Å². The number of nitrogens with one attached hydrogen (secondary N) is 1. The predicted molar refractivity (Wildman–Crippen MR) is 92.1 cm³/mol. The third-order valence-corrected chi connectivity index (χ3v) is 4.57. The highest BCUT2D eigenvalue weighted by molar-refractivity contribution is 6.32. The third kappa shape index (κ3) is 2.64. The van der Waals surface area contributed by atoms with E-state index in [1.54, 1.807) is 6.20 Å². The fraction of sp³-hybridized carbons (Fsp3) is 0.222. The Bertz CT molecular complexity index is 826. The summed E-state index contributed by atoms with van der Waals surface area (Å²) >= 11 is 6.57. The van der Waals surface area contributed by atoms with Gasteiger partial charge >= 0.3 is 0 Å². The monoisotopic (exact) mass is 324 g/mol. The lowest BCUT2D eigenvalue weighted by atomic mass is 10.0. The Labute approximate surface area is 140 Å². The fourth-order valence-corrected chi connectivity index (χ4v) is 3.42. The second kappa shape index (κ2) is 6.14. The molecule has 0 bridgehead atoms. The van der Waals surface area contributed by atoms with Crippen molar-refractivity contribution in [1.82, 2.24) is 20.1 Å². The van der Waals surface area contributed by atoms with Crippen molar-refractivity contribution in [1.29, 1.82) is 0 Å². The summed E-state index contributed by atoms with van der Waals surface area (Å²) in [4.78, 5) is 4.22. The van der Waals surface area contributed by atoms with Gasteiger partial charge in [-0.05, 0) is 61.3 Å². The summed E-state index contributed by atoms with van der Waals surface area (Å²) in [6.07, 6.45) is 7.41. The number of aromatic nitrogens is 3. The van der Waals surface area contributed by atoms with Gasteiger partial charge in [0.05, 0.1) is 22.6 Å². The first-order chi connectivity index (χ1) is 11.3. The second-order valence-electron chi connectivity index (χ2n) is 5.65. The zero-order valence-corrected chi connectivity index (χ0v) is 13.4. The Kier molecular flexibility index (Phi) is 3.85. The highest BCUT2D eigenvalue weighted by Crippen LogP contribution is 2.32. The van der Waals surface area contributed by atoms with Gasteiger partial charge < -0.3 is 5.32 Å². The van der Waals surface area contributed by atoms with Crippen LogP contribution in [0.4, 0.5) is 0 Å². The lowest BCUT2D eigenvalue weighted by Gasteiger charge is -2.16. The molecule has 3 aromatic rings. The van der Waals surface area contributed by atoms with Crippen molar-refractivity contribution in [3.63, 3.8) is 0 Å². The number of halogens is 1. The van der Waals surface area contributed by atoms with Crippen LogP contribution in [0, 0.1) is 0 Å². The molecular weight excluding hydrogens is 308 g/mol. The smallest absolute Gasteiger partial charge is 0.0874 e. The van der Waals surface area contributed by atoms with Crippen molar-refractivity contribution in [2.24, 2.45) is 0 Å². The van der Waals surface area contributed by atoms with Gasteiger partial charge in [0, 0.05) is 18.0 Å². The van der Waals surface area contributed by atoms with Crippen LogP contribution in [0.25, 0.3) is 16.9 Å². The van der Waals surface area contributed by atoms with E-state index in [0.29, 0.717) is 0 Å². The molecule has 2 aromatic heterocycles. The van der Waals surface area contributed by atoms with Crippen molar-refractivity contribution in [2.75, 3.05) is 13.1 Å². The van der Waals surface area contributed by atoms with Crippen LogP contribution in [0.3, 0.4) is 0 Å². The average molecular weight is 325 g/mol. The first kappa shape index (κ1) is 14.4. The SMILES string of the molecule is Clc1ccc2c(c1-n1nccc1-c1cccnc1)CCNCC2. The lowest BCUT2D eigenvalue weighted by Crippen LogP contribution is -2.16. The van der Waals surface area contributed by atoms with Gasteiger partial charge in [-0.2, -0.15) is 5.10 Å². The molecule has 0 amide bonds. The average Bonchev–Trinajstić information content (AvgIpc) is 2.93. The number of benzene rings is 1. The number of rotatable bonds is 2. The summed E-state index contributed by atoms with van der Waals surface area (Å²) < 4.78 is 1.95. The van der Waals surface area contributed by atoms with Crippen molar-refractivity contribution < 1.29 is 0 Å². The first-order valence-electron chi connectivity index (χ1n) is 7.80. The van der Waals surface area contributed by atoms with Crippen LogP contribution < -0.4 is 5.32 Å². The molecule has 3 heterocycles. The summed E-state index contributed by atoms with van der Waals surface area (Å²) in [6, 6.07) is 10.1. The van der Waals surface area contributed by atoms with Gasteiger partial charge in [0.15, 0.2) is 0 Å². The Morgan fingerprint density at radius 2 is 1.96 bits per heavy atom. The number of fused-ring (bicyclic) bond motifs is 1. The number of hydrogen-bond donors (Lipinski definition) is 1. The molecule has 116 valence electrons. The van der Waals surface area contributed by atoms with Crippen molar-refractivity contribution in [3.05, 3.63) is 65.1 Å².